The Kier molecular flexibility index (Phi) is 5.66. The van der Waals surface area contributed by atoms with Gasteiger partial charge in [0.2, 0.25) is 0 Å². The number of unbranched alkanes of at least 4 members (excludes halogenated alkanes) is 1. The summed E-state index contributed by atoms with van der Waals surface area (Å²) >= 11 is 3.41. The highest BCUT2D eigenvalue weighted by Crippen LogP contribution is 2.34. The Morgan fingerprint density at radius 3 is 2.78 bits per heavy atom. The minimum atomic E-state index is 0.0904. The summed E-state index contributed by atoms with van der Waals surface area (Å²) in [4.78, 5) is 23.2. The van der Waals surface area contributed by atoms with Crippen molar-refractivity contribution in [3.8, 4) is 5.69 Å². The van der Waals surface area contributed by atoms with Crippen LogP contribution in [0.5, 0.6) is 0 Å². The highest BCUT2D eigenvalue weighted by molar-refractivity contribution is 7.99. The minimum absolute atomic E-state index is 0.0904. The van der Waals surface area contributed by atoms with Crippen LogP contribution in [-0.2, 0) is 13.0 Å². The van der Waals surface area contributed by atoms with E-state index in [9.17, 15) is 4.79 Å². The predicted molar refractivity (Wildman–Crippen MR) is 116 cm³/mol. The lowest BCUT2D eigenvalue weighted by Gasteiger charge is -2.25. The average Bonchev–Trinajstić information content (AvgIpc) is 3.06. The molecule has 0 spiro atoms. The molecule has 1 aliphatic rings. The van der Waals surface area contributed by atoms with Crippen LogP contribution in [0.25, 0.3) is 15.9 Å². The molecule has 1 aliphatic heterocycles. The number of para-hydroxylation sites is 1. The molecule has 0 radical (unpaired) electrons. The largest absolute Gasteiger partial charge is 0.298 e. The number of fused-ring (bicyclic) bond motifs is 3. The highest BCUT2D eigenvalue weighted by Gasteiger charge is 2.25. The molecule has 0 saturated heterocycles. The van der Waals surface area contributed by atoms with Gasteiger partial charge in [0.05, 0.1) is 11.1 Å². The smallest absolute Gasteiger partial charge is 0.267 e. The quantitative estimate of drug-likeness (QED) is 0.342. The van der Waals surface area contributed by atoms with Crippen LogP contribution in [-0.4, -0.2) is 33.3 Å². The molecular formula is C21H25N3OS2. The van der Waals surface area contributed by atoms with E-state index < -0.39 is 0 Å². The molecule has 2 aromatic heterocycles. The van der Waals surface area contributed by atoms with Crippen LogP contribution in [0, 0.1) is 0 Å². The number of hydrogen-bond donors (Lipinski definition) is 0. The third-order valence-corrected chi connectivity index (χ3v) is 7.25. The highest BCUT2D eigenvalue weighted by atomic mass is 32.2. The monoisotopic (exact) mass is 399 g/mol. The maximum Gasteiger partial charge on any atom is 0.267 e. The van der Waals surface area contributed by atoms with Gasteiger partial charge in [-0.15, -0.1) is 11.3 Å². The fourth-order valence-electron chi connectivity index (χ4n) is 3.56. The van der Waals surface area contributed by atoms with E-state index in [2.05, 4.69) is 18.7 Å². The van der Waals surface area contributed by atoms with E-state index in [0.29, 0.717) is 0 Å². The van der Waals surface area contributed by atoms with Crippen LogP contribution in [0.3, 0.4) is 0 Å². The Bertz CT molecular complexity index is 994. The molecule has 4 nitrogen and oxygen atoms in total. The lowest BCUT2D eigenvalue weighted by molar-refractivity contribution is 0.272. The Balaban J connectivity index is 1.89. The Hall–Kier alpha value is -1.63. The van der Waals surface area contributed by atoms with E-state index in [1.807, 2.05) is 34.9 Å². The average molecular weight is 400 g/mol. The van der Waals surface area contributed by atoms with Gasteiger partial charge in [0.25, 0.3) is 5.56 Å². The molecular weight excluding hydrogens is 374 g/mol. The van der Waals surface area contributed by atoms with Gasteiger partial charge < -0.3 is 0 Å². The molecule has 0 bridgehead atoms. The van der Waals surface area contributed by atoms with Gasteiger partial charge in [-0.1, -0.05) is 50.2 Å². The van der Waals surface area contributed by atoms with Crippen LogP contribution in [0.1, 0.15) is 37.1 Å². The lowest BCUT2D eigenvalue weighted by atomic mass is 10.1. The van der Waals surface area contributed by atoms with Crippen LogP contribution in [0.4, 0.5) is 0 Å². The standard InChI is InChI=1S/C21H25N3OS2/c1-3-5-13-26-21-22-19-18(16-11-12-23(4-2)14-17(16)27-19)20(25)24(21)15-9-7-6-8-10-15/h6-10H,3-5,11-14H2,1-2H3. The van der Waals surface area contributed by atoms with Crippen LogP contribution < -0.4 is 5.56 Å². The molecule has 0 N–H and O–H groups in total. The van der Waals surface area contributed by atoms with Crippen molar-refractivity contribution in [3.05, 3.63) is 51.1 Å². The Morgan fingerprint density at radius 1 is 1.22 bits per heavy atom. The number of likely N-dealkylation sites (N-methyl/N-ethyl adjacent to an activating group) is 1. The lowest BCUT2D eigenvalue weighted by Crippen LogP contribution is -2.30. The Morgan fingerprint density at radius 2 is 2.04 bits per heavy atom. The van der Waals surface area contributed by atoms with Gasteiger partial charge in [0.1, 0.15) is 4.83 Å². The summed E-state index contributed by atoms with van der Waals surface area (Å²) in [6.45, 7) is 7.40. The molecule has 0 aliphatic carbocycles. The number of thiophene rings is 1. The summed E-state index contributed by atoms with van der Waals surface area (Å²) in [5.74, 6) is 0.982. The second-order valence-corrected chi connectivity index (χ2v) is 9.02. The Labute approximate surface area is 168 Å². The molecule has 142 valence electrons. The van der Waals surface area contributed by atoms with Crippen molar-refractivity contribution < 1.29 is 0 Å². The first-order valence-corrected chi connectivity index (χ1v) is 11.5. The van der Waals surface area contributed by atoms with Crippen LogP contribution in [0.2, 0.25) is 0 Å². The first-order valence-electron chi connectivity index (χ1n) is 9.70. The van der Waals surface area contributed by atoms with E-state index in [-0.39, 0.29) is 5.56 Å². The molecule has 0 atom stereocenters. The number of benzene rings is 1. The molecule has 6 heteroatoms. The first-order chi connectivity index (χ1) is 13.2. The van der Waals surface area contributed by atoms with Gasteiger partial charge in [-0.05, 0) is 37.1 Å². The SMILES string of the molecule is CCCCSc1nc2sc3c(c2c(=O)n1-c1ccccc1)CCN(CC)C3. The van der Waals surface area contributed by atoms with Crippen molar-refractivity contribution in [1.82, 2.24) is 14.5 Å². The number of rotatable bonds is 6. The molecule has 0 saturated carbocycles. The second-order valence-electron chi connectivity index (χ2n) is 6.88. The summed E-state index contributed by atoms with van der Waals surface area (Å²) in [6, 6.07) is 9.94. The fourth-order valence-corrected chi connectivity index (χ4v) is 5.96. The molecule has 1 aromatic carbocycles. The molecule has 0 unspecified atom stereocenters. The maximum atomic E-state index is 13.6. The van der Waals surface area contributed by atoms with Gasteiger partial charge in [0, 0.05) is 23.7 Å². The van der Waals surface area contributed by atoms with E-state index in [1.165, 1.54) is 10.4 Å². The molecule has 3 heterocycles. The van der Waals surface area contributed by atoms with Crippen molar-refractivity contribution in [2.24, 2.45) is 0 Å². The number of aromatic nitrogens is 2. The molecule has 0 amide bonds. The van der Waals surface area contributed by atoms with E-state index in [1.54, 1.807) is 23.1 Å². The zero-order valence-electron chi connectivity index (χ0n) is 15.9. The predicted octanol–water partition coefficient (Wildman–Crippen LogP) is 4.72. The number of nitrogens with zero attached hydrogens (tertiary/aromatic N) is 3. The van der Waals surface area contributed by atoms with Gasteiger partial charge >= 0.3 is 0 Å². The topological polar surface area (TPSA) is 38.1 Å². The van der Waals surface area contributed by atoms with Crippen LogP contribution >= 0.6 is 23.1 Å². The van der Waals surface area contributed by atoms with E-state index >= 15 is 0 Å². The first kappa shape index (κ1) is 18.7. The number of thioether (sulfide) groups is 1. The summed E-state index contributed by atoms with van der Waals surface area (Å²) in [5, 5.41) is 1.66. The van der Waals surface area contributed by atoms with E-state index in [0.717, 1.165) is 65.7 Å². The summed E-state index contributed by atoms with van der Waals surface area (Å²) in [7, 11) is 0. The summed E-state index contributed by atoms with van der Waals surface area (Å²) in [6.07, 6.45) is 3.21. The van der Waals surface area contributed by atoms with E-state index in [4.69, 9.17) is 4.98 Å². The van der Waals surface area contributed by atoms with Crippen LogP contribution in [0.15, 0.2) is 40.3 Å². The summed E-state index contributed by atoms with van der Waals surface area (Å²) in [5.41, 5.74) is 2.22. The zero-order chi connectivity index (χ0) is 18.8. The third-order valence-electron chi connectivity index (χ3n) is 5.11. The normalized spacial score (nSPS) is 14.6. The molecule has 4 rings (SSSR count). The fraction of sp³-hybridized carbons (Fsp3) is 0.429. The maximum absolute atomic E-state index is 13.6. The van der Waals surface area contributed by atoms with Crippen molar-refractivity contribution in [2.75, 3.05) is 18.8 Å². The van der Waals surface area contributed by atoms with Crippen molar-refractivity contribution in [3.63, 3.8) is 0 Å². The third kappa shape index (κ3) is 3.58. The van der Waals surface area contributed by atoms with Crippen molar-refractivity contribution >= 4 is 33.3 Å². The van der Waals surface area contributed by atoms with Crippen molar-refractivity contribution in [2.45, 2.75) is 44.8 Å². The van der Waals surface area contributed by atoms with Gasteiger partial charge in [-0.3, -0.25) is 14.3 Å². The molecule has 3 aromatic rings. The molecule has 0 fully saturated rings. The number of hydrogen-bond acceptors (Lipinski definition) is 5. The van der Waals surface area contributed by atoms with Gasteiger partial charge in [-0.25, -0.2) is 4.98 Å². The van der Waals surface area contributed by atoms with Gasteiger partial charge in [0.15, 0.2) is 5.16 Å². The summed E-state index contributed by atoms with van der Waals surface area (Å²) < 4.78 is 1.82. The zero-order valence-corrected chi connectivity index (χ0v) is 17.5. The van der Waals surface area contributed by atoms with Gasteiger partial charge in [-0.2, -0.15) is 0 Å². The second kappa shape index (κ2) is 8.17. The minimum Gasteiger partial charge on any atom is -0.298 e. The van der Waals surface area contributed by atoms with Crippen molar-refractivity contribution in [1.29, 1.82) is 0 Å². The molecule has 27 heavy (non-hydrogen) atoms.